The van der Waals surface area contributed by atoms with Crippen molar-refractivity contribution in [2.45, 2.75) is 26.8 Å². The highest BCUT2D eigenvalue weighted by Gasteiger charge is 2.44. The summed E-state index contributed by atoms with van der Waals surface area (Å²) >= 11 is 0. The molecule has 1 aromatic carbocycles. The maximum atomic E-state index is 13.0. The fourth-order valence-electron chi connectivity index (χ4n) is 3.65. The molecule has 2 aromatic rings. The average Bonchev–Trinajstić information content (AvgIpc) is 3.29. The molecule has 6 heteroatoms. The fourth-order valence-corrected chi connectivity index (χ4v) is 3.65. The van der Waals surface area contributed by atoms with Crippen LogP contribution in [-0.4, -0.2) is 52.8 Å². The Morgan fingerprint density at radius 3 is 2.47 bits per heavy atom. The number of aliphatic hydroxyl groups is 1. The van der Waals surface area contributed by atoms with E-state index in [1.54, 1.807) is 25.1 Å². The minimum absolute atomic E-state index is 0.0566. The van der Waals surface area contributed by atoms with Crippen LogP contribution in [0.4, 0.5) is 0 Å². The van der Waals surface area contributed by atoms with Gasteiger partial charge in [-0.05, 0) is 43.8 Å². The molecule has 1 atom stereocenters. The molecule has 1 amide bonds. The van der Waals surface area contributed by atoms with E-state index < -0.39 is 23.5 Å². The first kappa shape index (κ1) is 21.6. The van der Waals surface area contributed by atoms with Crippen LogP contribution in [0, 0.1) is 6.92 Å². The largest absolute Gasteiger partial charge is 0.503 e. The molecule has 1 aliphatic rings. The summed E-state index contributed by atoms with van der Waals surface area (Å²) in [4.78, 5) is 29.6. The normalized spacial score (nSPS) is 17.0. The maximum Gasteiger partial charge on any atom is 0.290 e. The van der Waals surface area contributed by atoms with Crippen LogP contribution in [0.2, 0.25) is 0 Å². The number of hydrogen-bond donors (Lipinski definition) is 1. The minimum atomic E-state index is -0.741. The Hall–Kier alpha value is -3.12. The molecule has 0 saturated heterocycles. The number of aliphatic hydroxyl groups excluding tert-OH is 1. The first-order chi connectivity index (χ1) is 14.5. The van der Waals surface area contributed by atoms with Gasteiger partial charge in [-0.25, -0.2) is 0 Å². The summed E-state index contributed by atoms with van der Waals surface area (Å²) in [6, 6.07) is 12.2. The number of likely N-dealkylation sites (N-methyl/N-ethyl adjacent to an activating group) is 1. The molecule has 3 rings (SSSR count). The maximum absolute atomic E-state index is 13.0. The molecule has 1 aliphatic heterocycles. The number of furan rings is 1. The van der Waals surface area contributed by atoms with Crippen molar-refractivity contribution in [3.63, 3.8) is 0 Å². The van der Waals surface area contributed by atoms with Crippen LogP contribution in [0.15, 0.2) is 64.3 Å². The van der Waals surface area contributed by atoms with E-state index in [9.17, 15) is 14.7 Å². The molecule has 0 fully saturated rings. The van der Waals surface area contributed by atoms with Crippen molar-refractivity contribution in [1.29, 1.82) is 0 Å². The van der Waals surface area contributed by atoms with E-state index in [0.29, 0.717) is 24.6 Å². The topological polar surface area (TPSA) is 74.0 Å². The lowest BCUT2D eigenvalue weighted by molar-refractivity contribution is -0.129. The van der Waals surface area contributed by atoms with Gasteiger partial charge in [-0.2, -0.15) is 0 Å². The molecule has 0 spiro atoms. The molecule has 1 N–H and O–H groups in total. The summed E-state index contributed by atoms with van der Waals surface area (Å²) in [5, 5.41) is 10.6. The lowest BCUT2D eigenvalue weighted by Gasteiger charge is -2.27. The van der Waals surface area contributed by atoms with E-state index >= 15 is 0 Å². The predicted octanol–water partition coefficient (Wildman–Crippen LogP) is 3.91. The molecule has 2 heterocycles. The molecule has 0 aliphatic carbocycles. The summed E-state index contributed by atoms with van der Waals surface area (Å²) in [6.45, 7) is 8.66. The lowest BCUT2D eigenvalue weighted by atomic mass is 10.00. The number of aryl methyl sites for hydroxylation is 1. The summed E-state index contributed by atoms with van der Waals surface area (Å²) in [7, 11) is 0. The summed E-state index contributed by atoms with van der Waals surface area (Å²) in [5.41, 5.74) is 0.917. The second kappa shape index (κ2) is 9.59. The molecular formula is C24H28N2O4. The van der Waals surface area contributed by atoms with Crippen LogP contribution in [-0.2, 0) is 9.59 Å². The summed E-state index contributed by atoms with van der Waals surface area (Å²) < 4.78 is 5.77. The van der Waals surface area contributed by atoms with Gasteiger partial charge in [0.05, 0.1) is 5.57 Å². The average molecular weight is 408 g/mol. The zero-order valence-electron chi connectivity index (χ0n) is 17.7. The number of nitrogens with zero attached hydrogens (tertiary/aromatic N) is 2. The van der Waals surface area contributed by atoms with Crippen LogP contribution >= 0.6 is 0 Å². The second-order valence-electron chi connectivity index (χ2n) is 7.25. The van der Waals surface area contributed by atoms with Crippen LogP contribution in [0.3, 0.4) is 0 Å². The van der Waals surface area contributed by atoms with E-state index in [2.05, 4.69) is 18.7 Å². The minimum Gasteiger partial charge on any atom is -0.503 e. The van der Waals surface area contributed by atoms with Crippen LogP contribution in [0.5, 0.6) is 0 Å². The van der Waals surface area contributed by atoms with Crippen molar-refractivity contribution < 1.29 is 19.1 Å². The molecule has 0 bridgehead atoms. The number of hydrogen-bond acceptors (Lipinski definition) is 5. The number of rotatable bonds is 9. The number of carbonyl (C=O) groups excluding carboxylic acids is 2. The number of carbonyl (C=O) groups is 2. The zero-order valence-corrected chi connectivity index (χ0v) is 17.7. The number of allylic oxidation sites excluding steroid dienone is 1. The Morgan fingerprint density at radius 1 is 1.17 bits per heavy atom. The van der Waals surface area contributed by atoms with Gasteiger partial charge in [-0.3, -0.25) is 9.59 Å². The van der Waals surface area contributed by atoms with E-state index in [0.717, 1.165) is 18.7 Å². The highest BCUT2D eigenvalue weighted by Crippen LogP contribution is 2.38. The van der Waals surface area contributed by atoms with Gasteiger partial charge in [0.2, 0.25) is 0 Å². The van der Waals surface area contributed by atoms with Gasteiger partial charge in [0, 0.05) is 13.1 Å². The third-order valence-corrected chi connectivity index (χ3v) is 5.38. The van der Waals surface area contributed by atoms with Gasteiger partial charge in [0.1, 0.15) is 17.6 Å². The van der Waals surface area contributed by atoms with Gasteiger partial charge in [-0.15, -0.1) is 0 Å². The Morgan fingerprint density at radius 2 is 1.87 bits per heavy atom. The summed E-state index contributed by atoms with van der Waals surface area (Å²) in [5.74, 6) is -0.303. The molecule has 1 unspecified atom stereocenters. The first-order valence-corrected chi connectivity index (χ1v) is 10.3. The third-order valence-electron chi connectivity index (χ3n) is 5.38. The first-order valence-electron chi connectivity index (χ1n) is 10.3. The van der Waals surface area contributed by atoms with Crippen LogP contribution in [0.25, 0.3) is 6.08 Å². The second-order valence-corrected chi connectivity index (χ2v) is 7.25. The van der Waals surface area contributed by atoms with Gasteiger partial charge in [0.25, 0.3) is 5.91 Å². The highest BCUT2D eigenvalue weighted by atomic mass is 16.3. The van der Waals surface area contributed by atoms with Gasteiger partial charge < -0.3 is 19.3 Å². The number of benzene rings is 1. The molecule has 1 aromatic heterocycles. The monoisotopic (exact) mass is 408 g/mol. The van der Waals surface area contributed by atoms with Crippen molar-refractivity contribution in [3.05, 3.63) is 77.0 Å². The Bertz CT molecular complexity index is 955. The van der Waals surface area contributed by atoms with Gasteiger partial charge >= 0.3 is 0 Å². The quantitative estimate of drug-likeness (QED) is 0.637. The van der Waals surface area contributed by atoms with E-state index in [4.69, 9.17) is 4.42 Å². The Kier molecular flexibility index (Phi) is 6.90. The van der Waals surface area contributed by atoms with E-state index in [1.165, 1.54) is 11.0 Å². The van der Waals surface area contributed by atoms with Crippen molar-refractivity contribution in [3.8, 4) is 0 Å². The van der Waals surface area contributed by atoms with Crippen molar-refractivity contribution >= 4 is 17.8 Å². The SMILES string of the molecule is CCN(CC)CCN1C(=O)C(O)=C(C(=O)/C=C/c2ccccc2)C1c1ccc(C)o1. The highest BCUT2D eigenvalue weighted by molar-refractivity contribution is 6.14. The predicted molar refractivity (Wildman–Crippen MR) is 116 cm³/mol. The summed E-state index contributed by atoms with van der Waals surface area (Å²) in [6.07, 6.45) is 3.07. The molecule has 158 valence electrons. The molecule has 6 nitrogen and oxygen atoms in total. The zero-order chi connectivity index (χ0) is 21.7. The lowest BCUT2D eigenvalue weighted by Crippen LogP contribution is -2.38. The standard InChI is InChI=1S/C24H28N2O4/c1-4-25(5-2)15-16-26-22(20-14-11-17(3)30-20)21(23(28)24(26)29)19(27)13-12-18-9-7-6-8-10-18/h6-14,22,28H,4-5,15-16H2,1-3H3/b13-12+. The number of amides is 1. The van der Waals surface area contributed by atoms with Gasteiger partial charge in [0.15, 0.2) is 11.5 Å². The van der Waals surface area contributed by atoms with E-state index in [-0.39, 0.29) is 5.57 Å². The Balaban J connectivity index is 1.91. The van der Waals surface area contributed by atoms with Gasteiger partial charge in [-0.1, -0.05) is 50.3 Å². The molecule has 0 radical (unpaired) electrons. The van der Waals surface area contributed by atoms with Crippen molar-refractivity contribution in [2.24, 2.45) is 0 Å². The van der Waals surface area contributed by atoms with Crippen molar-refractivity contribution in [1.82, 2.24) is 9.80 Å². The van der Waals surface area contributed by atoms with Crippen LogP contribution in [0.1, 0.15) is 37.0 Å². The molecule has 0 saturated carbocycles. The van der Waals surface area contributed by atoms with Crippen molar-refractivity contribution in [2.75, 3.05) is 26.2 Å². The number of ketones is 1. The molecule has 30 heavy (non-hydrogen) atoms. The molecular weight excluding hydrogens is 380 g/mol. The van der Waals surface area contributed by atoms with Crippen LogP contribution < -0.4 is 0 Å². The smallest absolute Gasteiger partial charge is 0.290 e. The third kappa shape index (κ3) is 4.54. The fraction of sp³-hybridized carbons (Fsp3) is 0.333. The Labute approximate surface area is 177 Å². The van der Waals surface area contributed by atoms with E-state index in [1.807, 2.05) is 30.3 Å².